The van der Waals surface area contributed by atoms with Crippen molar-refractivity contribution >= 4 is 5.91 Å². The molecule has 1 rings (SSSR count). The number of amides is 1. The largest absolute Gasteiger partial charge is 0.355 e. The van der Waals surface area contributed by atoms with Gasteiger partial charge in [0.25, 0.3) is 0 Å². The van der Waals surface area contributed by atoms with E-state index in [2.05, 4.69) is 11.9 Å². The molecule has 1 aliphatic heterocycles. The van der Waals surface area contributed by atoms with Crippen molar-refractivity contribution in [2.45, 2.75) is 6.42 Å². The molecule has 0 radical (unpaired) electrons. The molecule has 2 heteroatoms. The molecular weight excluding hydrogens is 102 g/mol. The van der Waals surface area contributed by atoms with Gasteiger partial charge in [-0.1, -0.05) is 6.08 Å². The Bertz CT molecular complexity index is 120. The summed E-state index contributed by atoms with van der Waals surface area (Å²) in [5.74, 6) is 0.400. The van der Waals surface area contributed by atoms with E-state index in [0.717, 1.165) is 13.0 Å². The fourth-order valence-electron chi connectivity index (χ4n) is 0.721. The minimum absolute atomic E-state index is 0.171. The predicted octanol–water partition coefficient (Wildman–Crippen LogP) is 0.309. The standard InChI is InChI=1S/C6H9NO/c1-2-3-5-4-7-6(5)8/h2,5H,1,3-4H2,(H,7,8). The van der Waals surface area contributed by atoms with Crippen molar-refractivity contribution in [1.82, 2.24) is 5.32 Å². The molecule has 8 heavy (non-hydrogen) atoms. The van der Waals surface area contributed by atoms with Crippen molar-refractivity contribution in [2.75, 3.05) is 6.54 Å². The summed E-state index contributed by atoms with van der Waals surface area (Å²) in [5.41, 5.74) is 0. The summed E-state index contributed by atoms with van der Waals surface area (Å²) in [4.78, 5) is 10.5. The van der Waals surface area contributed by atoms with Crippen molar-refractivity contribution in [3.63, 3.8) is 0 Å². The van der Waals surface area contributed by atoms with E-state index in [-0.39, 0.29) is 11.8 Å². The predicted molar refractivity (Wildman–Crippen MR) is 31.3 cm³/mol. The van der Waals surface area contributed by atoms with Gasteiger partial charge in [-0.3, -0.25) is 4.79 Å². The first-order valence-corrected chi connectivity index (χ1v) is 2.73. The fourth-order valence-corrected chi connectivity index (χ4v) is 0.721. The first kappa shape index (κ1) is 5.35. The number of β-lactam (4-membered cyclic amide) rings is 1. The maximum absolute atomic E-state index is 10.5. The number of hydrogen-bond donors (Lipinski definition) is 1. The molecule has 1 aliphatic rings. The van der Waals surface area contributed by atoms with E-state index >= 15 is 0 Å². The highest BCUT2D eigenvalue weighted by Crippen LogP contribution is 2.09. The Kier molecular flexibility index (Phi) is 1.33. The average Bonchev–Trinajstić information content (AvgIpc) is 1.79. The summed E-state index contributed by atoms with van der Waals surface area (Å²) < 4.78 is 0. The molecule has 1 amide bonds. The lowest BCUT2D eigenvalue weighted by molar-refractivity contribution is -0.130. The Balaban J connectivity index is 2.26. The highest BCUT2D eigenvalue weighted by molar-refractivity contribution is 5.84. The van der Waals surface area contributed by atoms with Gasteiger partial charge in [-0.25, -0.2) is 0 Å². The molecule has 0 saturated carbocycles. The number of hydrogen-bond acceptors (Lipinski definition) is 1. The zero-order chi connectivity index (χ0) is 5.98. The van der Waals surface area contributed by atoms with Crippen LogP contribution in [0.5, 0.6) is 0 Å². The van der Waals surface area contributed by atoms with Gasteiger partial charge in [0.2, 0.25) is 5.91 Å². The molecule has 0 spiro atoms. The van der Waals surface area contributed by atoms with Gasteiger partial charge in [0.15, 0.2) is 0 Å². The number of rotatable bonds is 2. The van der Waals surface area contributed by atoms with Crippen LogP contribution < -0.4 is 5.32 Å². The molecule has 0 aromatic heterocycles. The van der Waals surface area contributed by atoms with Crippen molar-refractivity contribution in [3.05, 3.63) is 12.7 Å². The molecule has 0 aromatic rings. The molecule has 0 aromatic carbocycles. The summed E-state index contributed by atoms with van der Waals surface area (Å²) in [5, 5.41) is 2.66. The second-order valence-electron chi connectivity index (χ2n) is 1.97. The summed E-state index contributed by atoms with van der Waals surface area (Å²) >= 11 is 0. The quantitative estimate of drug-likeness (QED) is 0.403. The van der Waals surface area contributed by atoms with Gasteiger partial charge in [0.1, 0.15) is 0 Å². The fraction of sp³-hybridized carbons (Fsp3) is 0.500. The minimum atomic E-state index is 0.171. The summed E-state index contributed by atoms with van der Waals surface area (Å²) in [6, 6.07) is 0. The van der Waals surface area contributed by atoms with Crippen molar-refractivity contribution < 1.29 is 4.79 Å². The van der Waals surface area contributed by atoms with Gasteiger partial charge in [-0.05, 0) is 6.42 Å². The van der Waals surface area contributed by atoms with Crippen LogP contribution in [-0.4, -0.2) is 12.5 Å². The summed E-state index contributed by atoms with van der Waals surface area (Å²) in [6.45, 7) is 4.38. The number of allylic oxidation sites excluding steroid dienone is 1. The summed E-state index contributed by atoms with van der Waals surface area (Å²) in [6.07, 6.45) is 2.61. The normalized spacial score (nSPS) is 26.0. The first-order chi connectivity index (χ1) is 3.84. The lowest BCUT2D eigenvalue weighted by Crippen LogP contribution is -2.48. The minimum Gasteiger partial charge on any atom is -0.355 e. The molecule has 1 unspecified atom stereocenters. The topological polar surface area (TPSA) is 29.1 Å². The van der Waals surface area contributed by atoms with Crippen LogP contribution in [0.1, 0.15) is 6.42 Å². The van der Waals surface area contributed by atoms with Gasteiger partial charge >= 0.3 is 0 Å². The smallest absolute Gasteiger partial charge is 0.225 e. The van der Waals surface area contributed by atoms with Gasteiger partial charge in [-0.15, -0.1) is 6.58 Å². The van der Waals surface area contributed by atoms with Gasteiger partial charge in [0, 0.05) is 6.54 Å². The Morgan fingerprint density at radius 3 is 2.88 bits per heavy atom. The second kappa shape index (κ2) is 1.99. The molecule has 1 atom stereocenters. The molecule has 1 heterocycles. The van der Waals surface area contributed by atoms with E-state index in [0.29, 0.717) is 0 Å². The van der Waals surface area contributed by atoms with E-state index in [4.69, 9.17) is 0 Å². The summed E-state index contributed by atoms with van der Waals surface area (Å²) in [7, 11) is 0. The third kappa shape index (κ3) is 0.735. The van der Waals surface area contributed by atoms with Gasteiger partial charge < -0.3 is 5.32 Å². The van der Waals surface area contributed by atoms with E-state index in [1.165, 1.54) is 0 Å². The van der Waals surface area contributed by atoms with Crippen LogP contribution in [0.15, 0.2) is 12.7 Å². The van der Waals surface area contributed by atoms with Crippen LogP contribution in [0, 0.1) is 5.92 Å². The van der Waals surface area contributed by atoms with Crippen molar-refractivity contribution in [1.29, 1.82) is 0 Å². The van der Waals surface area contributed by atoms with Gasteiger partial charge in [-0.2, -0.15) is 0 Å². The maximum Gasteiger partial charge on any atom is 0.225 e. The van der Waals surface area contributed by atoms with E-state index < -0.39 is 0 Å². The second-order valence-corrected chi connectivity index (χ2v) is 1.97. The molecule has 0 aliphatic carbocycles. The van der Waals surface area contributed by atoms with E-state index in [1.807, 2.05) is 0 Å². The lowest BCUT2D eigenvalue weighted by atomic mass is 9.99. The highest BCUT2D eigenvalue weighted by atomic mass is 16.2. The molecular formula is C6H9NO. The maximum atomic E-state index is 10.5. The van der Waals surface area contributed by atoms with Crippen LogP contribution >= 0.6 is 0 Å². The van der Waals surface area contributed by atoms with Gasteiger partial charge in [0.05, 0.1) is 5.92 Å². The zero-order valence-corrected chi connectivity index (χ0v) is 4.68. The Morgan fingerprint density at radius 2 is 2.75 bits per heavy atom. The third-order valence-corrected chi connectivity index (χ3v) is 1.34. The lowest BCUT2D eigenvalue weighted by Gasteiger charge is -2.24. The third-order valence-electron chi connectivity index (χ3n) is 1.34. The molecule has 1 N–H and O–H groups in total. The molecule has 0 bridgehead atoms. The van der Waals surface area contributed by atoms with Crippen molar-refractivity contribution in [2.24, 2.45) is 5.92 Å². The number of carbonyl (C=O) groups is 1. The first-order valence-electron chi connectivity index (χ1n) is 2.73. The molecule has 1 saturated heterocycles. The number of carbonyl (C=O) groups excluding carboxylic acids is 1. The Labute approximate surface area is 48.6 Å². The van der Waals surface area contributed by atoms with Crippen LogP contribution in [0.3, 0.4) is 0 Å². The van der Waals surface area contributed by atoms with Crippen molar-refractivity contribution in [3.8, 4) is 0 Å². The highest BCUT2D eigenvalue weighted by Gasteiger charge is 2.25. The monoisotopic (exact) mass is 111 g/mol. The Hall–Kier alpha value is -0.790. The SMILES string of the molecule is C=CCC1CNC1=O. The number of nitrogens with one attached hydrogen (secondary N) is 1. The van der Waals surface area contributed by atoms with Crippen LogP contribution in [0.25, 0.3) is 0 Å². The van der Waals surface area contributed by atoms with Crippen LogP contribution in [0.2, 0.25) is 0 Å². The molecule has 44 valence electrons. The van der Waals surface area contributed by atoms with E-state index in [9.17, 15) is 4.79 Å². The molecule has 2 nitrogen and oxygen atoms in total. The van der Waals surface area contributed by atoms with Crippen LogP contribution in [0.4, 0.5) is 0 Å². The van der Waals surface area contributed by atoms with Crippen LogP contribution in [-0.2, 0) is 4.79 Å². The molecule has 1 fully saturated rings. The Morgan fingerprint density at radius 1 is 2.00 bits per heavy atom. The van der Waals surface area contributed by atoms with E-state index in [1.54, 1.807) is 6.08 Å². The zero-order valence-electron chi connectivity index (χ0n) is 4.68. The average molecular weight is 111 g/mol.